The quantitative estimate of drug-likeness (QED) is 0.507. The summed E-state index contributed by atoms with van der Waals surface area (Å²) in [5, 5.41) is 10.0. The van der Waals surface area contributed by atoms with E-state index in [2.05, 4.69) is 5.92 Å². The van der Waals surface area contributed by atoms with E-state index in [1.807, 2.05) is 27.7 Å². The van der Waals surface area contributed by atoms with Crippen molar-refractivity contribution >= 4 is 0 Å². The van der Waals surface area contributed by atoms with E-state index in [0.717, 1.165) is 19.3 Å². The molecule has 70 valence electrons. The first-order valence-corrected chi connectivity index (χ1v) is 4.47. The Kier molecular flexibility index (Phi) is 3.80. The lowest BCUT2D eigenvalue weighted by Gasteiger charge is -2.37. The van der Waals surface area contributed by atoms with Crippen LogP contribution in [0.15, 0.2) is 0 Å². The minimum Gasteiger partial charge on any atom is -0.390 e. The molecule has 1 nitrogen and oxygen atoms in total. The Labute approximate surface area is 76.2 Å². The van der Waals surface area contributed by atoms with Crippen LogP contribution in [-0.4, -0.2) is 10.7 Å². The summed E-state index contributed by atoms with van der Waals surface area (Å²) in [4.78, 5) is 0. The van der Waals surface area contributed by atoms with Gasteiger partial charge in [-0.15, -0.1) is 12.3 Å². The van der Waals surface area contributed by atoms with Crippen molar-refractivity contribution in [2.24, 2.45) is 5.41 Å². The second kappa shape index (κ2) is 3.96. The van der Waals surface area contributed by atoms with Crippen molar-refractivity contribution in [3.8, 4) is 12.3 Å². The molecule has 0 fully saturated rings. The number of unbranched alkanes of at least 4 members (excludes halogenated alkanes) is 1. The first kappa shape index (κ1) is 11.5. The highest BCUT2D eigenvalue weighted by Crippen LogP contribution is 2.33. The van der Waals surface area contributed by atoms with Crippen LogP contribution in [-0.2, 0) is 0 Å². The van der Waals surface area contributed by atoms with Crippen LogP contribution in [0, 0.1) is 17.8 Å². The molecule has 0 radical (unpaired) electrons. The predicted molar refractivity (Wildman–Crippen MR) is 52.8 cm³/mol. The van der Waals surface area contributed by atoms with Gasteiger partial charge in [-0.2, -0.15) is 0 Å². The molecule has 0 saturated carbocycles. The Bertz CT molecular complexity index is 166. The molecule has 0 amide bonds. The normalized spacial score (nSPS) is 16.7. The summed E-state index contributed by atoms with van der Waals surface area (Å²) in [6.07, 6.45) is 7.57. The highest BCUT2D eigenvalue weighted by Gasteiger charge is 2.34. The third kappa shape index (κ3) is 3.28. The molecule has 0 aliphatic carbocycles. The molecule has 0 aromatic rings. The molecule has 0 aliphatic heterocycles. The third-order valence-electron chi connectivity index (χ3n) is 2.60. The summed E-state index contributed by atoms with van der Waals surface area (Å²) in [6, 6.07) is 0. The maximum atomic E-state index is 10.0. The molecule has 12 heavy (non-hydrogen) atoms. The van der Waals surface area contributed by atoms with E-state index in [9.17, 15) is 5.11 Å². The predicted octanol–water partition coefficient (Wildman–Crippen LogP) is 2.59. The molecule has 1 N–H and O–H groups in total. The molecular formula is C11H20O. The molecule has 1 heteroatoms. The topological polar surface area (TPSA) is 20.2 Å². The number of hydrogen-bond donors (Lipinski definition) is 1. The molecular weight excluding hydrogens is 148 g/mol. The van der Waals surface area contributed by atoms with Gasteiger partial charge in [0.2, 0.25) is 0 Å². The summed E-state index contributed by atoms with van der Waals surface area (Å²) in [5.74, 6) is 2.58. The van der Waals surface area contributed by atoms with Gasteiger partial charge in [0.15, 0.2) is 0 Å². The number of hydrogen-bond acceptors (Lipinski definition) is 1. The maximum absolute atomic E-state index is 10.0. The Morgan fingerprint density at radius 2 is 1.75 bits per heavy atom. The van der Waals surface area contributed by atoms with Crippen LogP contribution < -0.4 is 0 Å². The van der Waals surface area contributed by atoms with Crippen molar-refractivity contribution in [2.75, 3.05) is 0 Å². The van der Waals surface area contributed by atoms with E-state index in [1.54, 1.807) is 0 Å². The summed E-state index contributed by atoms with van der Waals surface area (Å²) in [7, 11) is 0. The van der Waals surface area contributed by atoms with Crippen LogP contribution in [0.4, 0.5) is 0 Å². The highest BCUT2D eigenvalue weighted by atomic mass is 16.3. The van der Waals surface area contributed by atoms with E-state index in [1.165, 1.54) is 0 Å². The Morgan fingerprint density at radius 3 is 2.08 bits per heavy atom. The molecule has 0 heterocycles. The summed E-state index contributed by atoms with van der Waals surface area (Å²) in [5.41, 5.74) is -0.675. The van der Waals surface area contributed by atoms with E-state index < -0.39 is 5.60 Å². The Balaban J connectivity index is 3.98. The fourth-order valence-corrected chi connectivity index (χ4v) is 0.910. The van der Waals surface area contributed by atoms with Gasteiger partial charge in [-0.3, -0.25) is 0 Å². The molecule has 0 rings (SSSR count). The zero-order valence-electron chi connectivity index (χ0n) is 8.65. The molecule has 1 atom stereocenters. The number of rotatable bonds is 3. The second-order valence-electron chi connectivity index (χ2n) is 4.58. The zero-order chi connectivity index (χ0) is 9.83. The molecule has 1 unspecified atom stereocenters. The molecule has 0 saturated heterocycles. The molecule has 0 aromatic heterocycles. The van der Waals surface area contributed by atoms with Gasteiger partial charge in [-0.05, 0) is 25.2 Å². The van der Waals surface area contributed by atoms with Crippen molar-refractivity contribution < 1.29 is 5.11 Å². The smallest absolute Gasteiger partial charge is 0.0668 e. The maximum Gasteiger partial charge on any atom is 0.0668 e. The van der Waals surface area contributed by atoms with Gasteiger partial charge in [0, 0.05) is 6.42 Å². The van der Waals surface area contributed by atoms with Gasteiger partial charge in [0.1, 0.15) is 0 Å². The van der Waals surface area contributed by atoms with Gasteiger partial charge in [-0.1, -0.05) is 20.8 Å². The van der Waals surface area contributed by atoms with Crippen molar-refractivity contribution in [3.63, 3.8) is 0 Å². The molecule has 0 spiro atoms. The van der Waals surface area contributed by atoms with Crippen LogP contribution in [0.3, 0.4) is 0 Å². The zero-order valence-corrected chi connectivity index (χ0v) is 8.65. The van der Waals surface area contributed by atoms with Crippen LogP contribution in [0.1, 0.15) is 47.0 Å². The molecule has 0 bridgehead atoms. The highest BCUT2D eigenvalue weighted by molar-refractivity contribution is 4.89. The van der Waals surface area contributed by atoms with Crippen LogP contribution in [0.25, 0.3) is 0 Å². The monoisotopic (exact) mass is 168 g/mol. The molecule has 0 aliphatic rings. The third-order valence-corrected chi connectivity index (χ3v) is 2.60. The number of aliphatic hydroxyl groups is 1. The van der Waals surface area contributed by atoms with Crippen LogP contribution in [0.2, 0.25) is 0 Å². The van der Waals surface area contributed by atoms with Crippen LogP contribution >= 0.6 is 0 Å². The lowest BCUT2D eigenvalue weighted by Crippen LogP contribution is -2.39. The fraction of sp³-hybridized carbons (Fsp3) is 0.818. The summed E-state index contributed by atoms with van der Waals surface area (Å²) < 4.78 is 0. The average molecular weight is 168 g/mol. The van der Waals surface area contributed by atoms with Gasteiger partial charge in [0.05, 0.1) is 5.60 Å². The standard InChI is InChI=1S/C11H20O/c1-6-7-8-9-11(5,12)10(2,3)4/h1,12H,7-9H2,2-5H3. The first-order valence-electron chi connectivity index (χ1n) is 4.47. The van der Waals surface area contributed by atoms with Gasteiger partial charge < -0.3 is 5.11 Å². The van der Waals surface area contributed by atoms with Gasteiger partial charge in [-0.25, -0.2) is 0 Å². The van der Waals surface area contributed by atoms with Gasteiger partial charge >= 0.3 is 0 Å². The van der Waals surface area contributed by atoms with E-state index >= 15 is 0 Å². The van der Waals surface area contributed by atoms with E-state index in [4.69, 9.17) is 6.42 Å². The Morgan fingerprint density at radius 1 is 1.25 bits per heavy atom. The lowest BCUT2D eigenvalue weighted by atomic mass is 9.75. The summed E-state index contributed by atoms with van der Waals surface area (Å²) in [6.45, 7) is 8.01. The van der Waals surface area contributed by atoms with Gasteiger partial charge in [0.25, 0.3) is 0 Å². The molecule has 0 aromatic carbocycles. The van der Waals surface area contributed by atoms with Crippen LogP contribution in [0.5, 0.6) is 0 Å². The first-order chi connectivity index (χ1) is 5.31. The lowest BCUT2D eigenvalue weighted by molar-refractivity contribution is -0.0489. The average Bonchev–Trinajstić information content (AvgIpc) is 1.85. The largest absolute Gasteiger partial charge is 0.390 e. The fourth-order valence-electron chi connectivity index (χ4n) is 0.910. The van der Waals surface area contributed by atoms with Crippen molar-refractivity contribution in [1.29, 1.82) is 0 Å². The number of terminal acetylenes is 1. The second-order valence-corrected chi connectivity index (χ2v) is 4.58. The van der Waals surface area contributed by atoms with Crippen molar-refractivity contribution in [1.82, 2.24) is 0 Å². The van der Waals surface area contributed by atoms with E-state index in [-0.39, 0.29) is 5.41 Å². The van der Waals surface area contributed by atoms with E-state index in [0.29, 0.717) is 0 Å². The van der Waals surface area contributed by atoms with Crippen molar-refractivity contribution in [3.05, 3.63) is 0 Å². The summed E-state index contributed by atoms with van der Waals surface area (Å²) >= 11 is 0. The SMILES string of the molecule is C#CCCCC(C)(O)C(C)(C)C. The minimum atomic E-state index is -0.607. The minimum absolute atomic E-state index is 0.0679. The van der Waals surface area contributed by atoms with Crippen molar-refractivity contribution in [2.45, 2.75) is 52.6 Å². The Hall–Kier alpha value is -0.480.